The van der Waals surface area contributed by atoms with Crippen molar-refractivity contribution in [3.63, 3.8) is 0 Å². The van der Waals surface area contributed by atoms with Crippen molar-refractivity contribution in [2.24, 2.45) is 5.73 Å². The minimum atomic E-state index is -0.468. The van der Waals surface area contributed by atoms with E-state index < -0.39 is 5.97 Å². The second-order valence-corrected chi connectivity index (χ2v) is 3.65. The van der Waals surface area contributed by atoms with E-state index in [1.807, 2.05) is 12.1 Å². The van der Waals surface area contributed by atoms with Crippen molar-refractivity contribution in [1.29, 1.82) is 0 Å². The molecule has 5 heteroatoms. The maximum absolute atomic E-state index is 11.0. The smallest absolute Gasteiger partial charge is 0.325 e. The first-order valence-corrected chi connectivity index (χ1v) is 5.43. The molecule has 0 atom stereocenters. The minimum Gasteiger partial charge on any atom is -0.426 e. The summed E-state index contributed by atoms with van der Waals surface area (Å²) < 4.78 is 4.97. The highest BCUT2D eigenvalue weighted by molar-refractivity contribution is 5.74. The molecule has 0 radical (unpaired) electrons. The van der Waals surface area contributed by atoms with Gasteiger partial charge in [-0.15, -0.1) is 0 Å². The third-order valence-corrected chi connectivity index (χ3v) is 2.32. The molecule has 0 aliphatic rings. The fourth-order valence-corrected chi connectivity index (χ4v) is 1.48. The molecule has 0 amide bonds. The first kappa shape index (κ1) is 12.1. The Morgan fingerprint density at radius 2 is 1.89 bits per heavy atom. The number of esters is 1. The number of carbonyl (C=O) groups excluding carboxylic acids is 1. The molecule has 0 unspecified atom stereocenters. The van der Waals surface area contributed by atoms with E-state index in [1.165, 1.54) is 0 Å². The molecule has 0 saturated heterocycles. The predicted octanol–water partition coefficient (Wildman–Crippen LogP) is 1.19. The van der Waals surface area contributed by atoms with Crippen molar-refractivity contribution in [3.05, 3.63) is 42.5 Å². The van der Waals surface area contributed by atoms with Crippen LogP contribution in [0.25, 0.3) is 11.3 Å². The Labute approximate surface area is 104 Å². The Morgan fingerprint density at radius 1 is 1.17 bits per heavy atom. The summed E-state index contributed by atoms with van der Waals surface area (Å²) in [4.78, 5) is 15.2. The fourth-order valence-electron chi connectivity index (χ4n) is 1.48. The quantitative estimate of drug-likeness (QED) is 0.624. The zero-order chi connectivity index (χ0) is 13.0. The molecule has 92 valence electrons. The first-order chi connectivity index (χ1) is 8.69. The van der Waals surface area contributed by atoms with Crippen molar-refractivity contribution < 1.29 is 9.53 Å². The molecule has 2 rings (SSSR count). The number of nitrogens with two attached hydrogens (primary N) is 2. The lowest BCUT2D eigenvalue weighted by molar-refractivity contribution is -0.132. The molecule has 0 saturated carbocycles. The number of carbonyl (C=O) groups is 1. The monoisotopic (exact) mass is 243 g/mol. The minimum absolute atomic E-state index is 0.140. The van der Waals surface area contributed by atoms with Gasteiger partial charge in [-0.3, -0.25) is 4.79 Å². The molecule has 5 nitrogen and oxygen atoms in total. The Balaban J connectivity index is 2.19. The van der Waals surface area contributed by atoms with Crippen molar-refractivity contribution in [3.8, 4) is 17.0 Å². The van der Waals surface area contributed by atoms with Crippen LogP contribution in [0.2, 0.25) is 0 Å². The van der Waals surface area contributed by atoms with Crippen LogP contribution in [0.3, 0.4) is 0 Å². The van der Waals surface area contributed by atoms with Gasteiger partial charge in [0.1, 0.15) is 11.6 Å². The molecule has 0 spiro atoms. The van der Waals surface area contributed by atoms with Gasteiger partial charge in [-0.1, -0.05) is 6.07 Å². The largest absolute Gasteiger partial charge is 0.426 e. The van der Waals surface area contributed by atoms with Crippen LogP contribution in [-0.4, -0.2) is 17.5 Å². The SMILES string of the molecule is NCC(=O)Oc1ccc(-c2cccc(N)n2)cc1. The summed E-state index contributed by atoms with van der Waals surface area (Å²) in [5.41, 5.74) is 12.4. The number of hydrogen-bond acceptors (Lipinski definition) is 5. The third kappa shape index (κ3) is 2.83. The number of nitrogens with zero attached hydrogens (tertiary/aromatic N) is 1. The topological polar surface area (TPSA) is 91.2 Å². The van der Waals surface area contributed by atoms with Crippen LogP contribution in [0.15, 0.2) is 42.5 Å². The van der Waals surface area contributed by atoms with Gasteiger partial charge < -0.3 is 16.2 Å². The van der Waals surface area contributed by atoms with E-state index >= 15 is 0 Å². The summed E-state index contributed by atoms with van der Waals surface area (Å²) in [6.45, 7) is -0.140. The van der Waals surface area contributed by atoms with E-state index in [2.05, 4.69) is 4.98 Å². The summed E-state index contributed by atoms with van der Waals surface area (Å²) in [7, 11) is 0. The molecule has 0 fully saturated rings. The third-order valence-electron chi connectivity index (χ3n) is 2.32. The van der Waals surface area contributed by atoms with E-state index in [4.69, 9.17) is 16.2 Å². The van der Waals surface area contributed by atoms with Crippen LogP contribution in [0, 0.1) is 0 Å². The highest BCUT2D eigenvalue weighted by Gasteiger charge is 2.03. The summed E-state index contributed by atoms with van der Waals surface area (Å²) in [5.74, 6) is 0.453. The second kappa shape index (κ2) is 5.29. The normalized spacial score (nSPS) is 10.1. The first-order valence-electron chi connectivity index (χ1n) is 5.43. The molecule has 1 aromatic carbocycles. The van der Waals surface area contributed by atoms with Crippen LogP contribution in [0.1, 0.15) is 0 Å². The van der Waals surface area contributed by atoms with Gasteiger partial charge in [0, 0.05) is 5.56 Å². The van der Waals surface area contributed by atoms with Crippen molar-refractivity contribution in [1.82, 2.24) is 4.98 Å². The van der Waals surface area contributed by atoms with Gasteiger partial charge in [0.2, 0.25) is 0 Å². The molecular weight excluding hydrogens is 230 g/mol. The van der Waals surface area contributed by atoms with Crippen LogP contribution in [0.4, 0.5) is 5.82 Å². The number of hydrogen-bond donors (Lipinski definition) is 2. The summed E-state index contributed by atoms with van der Waals surface area (Å²) in [5, 5.41) is 0. The molecule has 18 heavy (non-hydrogen) atoms. The van der Waals surface area contributed by atoms with Gasteiger partial charge in [-0.25, -0.2) is 4.98 Å². The number of nitrogen functional groups attached to an aromatic ring is 1. The van der Waals surface area contributed by atoms with E-state index in [9.17, 15) is 4.79 Å². The number of anilines is 1. The lowest BCUT2D eigenvalue weighted by atomic mass is 10.1. The molecule has 1 heterocycles. The molecule has 1 aromatic heterocycles. The van der Waals surface area contributed by atoms with E-state index in [0.717, 1.165) is 11.3 Å². The van der Waals surface area contributed by atoms with Crippen molar-refractivity contribution in [2.45, 2.75) is 0 Å². The number of ether oxygens (including phenoxy) is 1. The number of benzene rings is 1. The van der Waals surface area contributed by atoms with Gasteiger partial charge in [0.15, 0.2) is 0 Å². The highest BCUT2D eigenvalue weighted by Crippen LogP contribution is 2.21. The van der Waals surface area contributed by atoms with Gasteiger partial charge in [0.25, 0.3) is 0 Å². The fraction of sp³-hybridized carbons (Fsp3) is 0.0769. The van der Waals surface area contributed by atoms with Gasteiger partial charge in [-0.2, -0.15) is 0 Å². The second-order valence-electron chi connectivity index (χ2n) is 3.65. The lowest BCUT2D eigenvalue weighted by Crippen LogP contribution is -2.19. The number of aromatic nitrogens is 1. The van der Waals surface area contributed by atoms with Crippen molar-refractivity contribution >= 4 is 11.8 Å². The molecule has 0 bridgehead atoms. The van der Waals surface area contributed by atoms with Gasteiger partial charge in [0.05, 0.1) is 12.2 Å². The maximum Gasteiger partial charge on any atom is 0.325 e. The van der Waals surface area contributed by atoms with Crippen LogP contribution in [-0.2, 0) is 4.79 Å². The maximum atomic E-state index is 11.0. The molecule has 0 aliphatic heterocycles. The summed E-state index contributed by atoms with van der Waals surface area (Å²) in [6.07, 6.45) is 0. The average molecular weight is 243 g/mol. The Hall–Kier alpha value is -2.40. The molecule has 0 aliphatic carbocycles. The number of pyridine rings is 1. The molecular formula is C13H13N3O2. The summed E-state index contributed by atoms with van der Waals surface area (Å²) in [6, 6.07) is 12.4. The standard InChI is InChI=1S/C13H13N3O2/c14-8-13(17)18-10-6-4-9(5-7-10)11-2-1-3-12(15)16-11/h1-7H,8,14H2,(H2,15,16). The van der Waals surface area contributed by atoms with Crippen LogP contribution in [0.5, 0.6) is 5.75 Å². The van der Waals surface area contributed by atoms with Crippen molar-refractivity contribution in [2.75, 3.05) is 12.3 Å². The zero-order valence-corrected chi connectivity index (χ0v) is 9.67. The van der Waals surface area contributed by atoms with E-state index in [0.29, 0.717) is 11.6 Å². The van der Waals surface area contributed by atoms with Crippen LogP contribution < -0.4 is 16.2 Å². The molecule has 4 N–H and O–H groups in total. The highest BCUT2D eigenvalue weighted by atomic mass is 16.5. The van der Waals surface area contributed by atoms with E-state index in [1.54, 1.807) is 30.3 Å². The summed E-state index contributed by atoms with van der Waals surface area (Å²) >= 11 is 0. The predicted molar refractivity (Wildman–Crippen MR) is 68.8 cm³/mol. The van der Waals surface area contributed by atoms with Gasteiger partial charge in [-0.05, 0) is 36.4 Å². The Bertz CT molecular complexity index is 552. The van der Waals surface area contributed by atoms with Crippen LogP contribution >= 0.6 is 0 Å². The lowest BCUT2D eigenvalue weighted by Gasteiger charge is -2.05. The Kier molecular flexibility index (Phi) is 3.54. The number of rotatable bonds is 3. The van der Waals surface area contributed by atoms with Gasteiger partial charge >= 0.3 is 5.97 Å². The van der Waals surface area contributed by atoms with E-state index in [-0.39, 0.29) is 6.54 Å². The Morgan fingerprint density at radius 3 is 2.50 bits per heavy atom. The average Bonchev–Trinajstić information content (AvgIpc) is 2.39. The zero-order valence-electron chi connectivity index (χ0n) is 9.67. The molecule has 2 aromatic rings.